The average molecular weight is 391 g/mol. The van der Waals surface area contributed by atoms with E-state index >= 15 is 0 Å². The summed E-state index contributed by atoms with van der Waals surface area (Å²) in [7, 11) is 0. The molecule has 0 unspecified atom stereocenters. The van der Waals surface area contributed by atoms with E-state index in [0.717, 1.165) is 0 Å². The molecule has 0 aliphatic heterocycles. The Bertz CT molecular complexity index is 932. The number of aromatic nitrogens is 2. The Morgan fingerprint density at radius 2 is 1.77 bits per heavy atom. The summed E-state index contributed by atoms with van der Waals surface area (Å²) in [6.07, 6.45) is 1.43. The fourth-order valence-electron chi connectivity index (χ4n) is 2.18. The number of hydrogen-bond acceptors (Lipinski definition) is 4. The zero-order valence-electron chi connectivity index (χ0n) is 13.3. The summed E-state index contributed by atoms with van der Waals surface area (Å²) in [6.45, 7) is 0.0502. The zero-order chi connectivity index (χ0) is 18.5. The van der Waals surface area contributed by atoms with Crippen molar-refractivity contribution < 1.29 is 9.18 Å². The van der Waals surface area contributed by atoms with Gasteiger partial charge >= 0.3 is 0 Å². The van der Waals surface area contributed by atoms with Gasteiger partial charge in [-0.2, -0.15) is 0 Å². The number of para-hydroxylation sites is 1. The van der Waals surface area contributed by atoms with Crippen LogP contribution in [0.4, 0.5) is 16.0 Å². The van der Waals surface area contributed by atoms with Crippen LogP contribution < -0.4 is 10.6 Å². The predicted octanol–water partition coefficient (Wildman–Crippen LogP) is 4.60. The molecule has 132 valence electrons. The lowest BCUT2D eigenvalue weighted by atomic mass is 10.2. The van der Waals surface area contributed by atoms with Crippen LogP contribution in [0.3, 0.4) is 0 Å². The molecule has 3 aromatic rings. The van der Waals surface area contributed by atoms with Gasteiger partial charge in [0, 0.05) is 18.3 Å². The second-order valence-corrected chi connectivity index (χ2v) is 6.08. The van der Waals surface area contributed by atoms with Gasteiger partial charge in [0.05, 0.1) is 15.7 Å². The second-order valence-electron chi connectivity index (χ2n) is 5.26. The number of hydrogen-bond donors (Lipinski definition) is 2. The van der Waals surface area contributed by atoms with E-state index in [1.165, 1.54) is 18.3 Å². The number of rotatable bonds is 5. The van der Waals surface area contributed by atoms with E-state index in [4.69, 9.17) is 23.2 Å². The molecule has 0 saturated heterocycles. The molecule has 0 saturated carbocycles. The summed E-state index contributed by atoms with van der Waals surface area (Å²) in [6, 6.07) is 12.7. The normalized spacial score (nSPS) is 10.4. The average Bonchev–Trinajstić information content (AvgIpc) is 2.64. The maximum absolute atomic E-state index is 13.6. The number of anilines is 2. The highest BCUT2D eigenvalue weighted by atomic mass is 35.5. The molecule has 0 bridgehead atoms. The van der Waals surface area contributed by atoms with Gasteiger partial charge in [-0.05, 0) is 24.3 Å². The Balaban J connectivity index is 1.72. The minimum absolute atomic E-state index is 0.0502. The molecule has 5 nitrogen and oxygen atoms in total. The molecule has 26 heavy (non-hydrogen) atoms. The third kappa shape index (κ3) is 4.28. The first-order chi connectivity index (χ1) is 12.5. The number of carbonyl (C=O) groups is 1. The van der Waals surface area contributed by atoms with Gasteiger partial charge in [0.25, 0.3) is 5.91 Å². The van der Waals surface area contributed by atoms with Crippen LogP contribution in [0.15, 0.2) is 54.7 Å². The van der Waals surface area contributed by atoms with Crippen molar-refractivity contribution in [1.29, 1.82) is 0 Å². The Labute approximate surface area is 159 Å². The molecule has 0 spiro atoms. The van der Waals surface area contributed by atoms with E-state index in [-0.39, 0.29) is 24.0 Å². The standard InChI is InChI=1S/C18H13Cl2FN4O/c19-12-5-3-6-13(20)16(12)25-18-22-9-8-15(24-18)17(26)23-10-11-4-1-2-7-14(11)21/h1-9H,10H2,(H,23,26)(H,22,24,25). The molecule has 1 heterocycles. The largest absolute Gasteiger partial charge is 0.347 e. The number of carbonyl (C=O) groups excluding carboxylic acids is 1. The quantitative estimate of drug-likeness (QED) is 0.668. The lowest BCUT2D eigenvalue weighted by Gasteiger charge is -2.10. The second kappa shape index (κ2) is 8.12. The van der Waals surface area contributed by atoms with Gasteiger partial charge in [-0.3, -0.25) is 4.79 Å². The summed E-state index contributed by atoms with van der Waals surface area (Å²) in [4.78, 5) is 20.5. The summed E-state index contributed by atoms with van der Waals surface area (Å²) in [5, 5.41) is 6.31. The van der Waals surface area contributed by atoms with Crippen LogP contribution in [0.25, 0.3) is 0 Å². The molecule has 0 radical (unpaired) electrons. The smallest absolute Gasteiger partial charge is 0.270 e. The first-order valence-corrected chi connectivity index (χ1v) is 8.36. The molecule has 8 heteroatoms. The third-order valence-corrected chi connectivity index (χ3v) is 4.11. The van der Waals surface area contributed by atoms with E-state index in [0.29, 0.717) is 21.3 Å². The van der Waals surface area contributed by atoms with E-state index < -0.39 is 5.91 Å². The van der Waals surface area contributed by atoms with Crippen LogP contribution in [0.1, 0.15) is 16.1 Å². The lowest BCUT2D eigenvalue weighted by Crippen LogP contribution is -2.24. The molecule has 0 fully saturated rings. The summed E-state index contributed by atoms with van der Waals surface area (Å²) in [5.41, 5.74) is 0.956. The SMILES string of the molecule is O=C(NCc1ccccc1F)c1ccnc(Nc2c(Cl)cccc2Cl)n1. The van der Waals surface area contributed by atoms with Crippen molar-refractivity contribution >= 4 is 40.7 Å². The lowest BCUT2D eigenvalue weighted by molar-refractivity contribution is 0.0945. The molecular formula is C18H13Cl2FN4O. The Kier molecular flexibility index (Phi) is 5.65. The van der Waals surface area contributed by atoms with Crippen molar-refractivity contribution in [1.82, 2.24) is 15.3 Å². The molecule has 0 aliphatic rings. The van der Waals surface area contributed by atoms with Crippen LogP contribution in [0.5, 0.6) is 0 Å². The van der Waals surface area contributed by atoms with Gasteiger partial charge in [0.1, 0.15) is 11.5 Å². The monoisotopic (exact) mass is 390 g/mol. The van der Waals surface area contributed by atoms with Crippen LogP contribution in [-0.2, 0) is 6.54 Å². The van der Waals surface area contributed by atoms with Crippen LogP contribution in [0.2, 0.25) is 10.0 Å². The fourth-order valence-corrected chi connectivity index (χ4v) is 2.67. The Morgan fingerprint density at radius 3 is 2.50 bits per heavy atom. The summed E-state index contributed by atoms with van der Waals surface area (Å²) in [5.74, 6) is -0.672. The van der Waals surface area contributed by atoms with Crippen LogP contribution >= 0.6 is 23.2 Å². The summed E-state index contributed by atoms with van der Waals surface area (Å²) < 4.78 is 13.6. The van der Waals surface area contributed by atoms with E-state index in [2.05, 4.69) is 20.6 Å². The molecule has 3 rings (SSSR count). The Hall–Kier alpha value is -2.70. The van der Waals surface area contributed by atoms with Gasteiger partial charge < -0.3 is 10.6 Å². The van der Waals surface area contributed by atoms with E-state index in [1.807, 2.05) is 0 Å². The Morgan fingerprint density at radius 1 is 1.04 bits per heavy atom. The van der Waals surface area contributed by atoms with E-state index in [1.54, 1.807) is 36.4 Å². The first-order valence-electron chi connectivity index (χ1n) is 7.60. The fraction of sp³-hybridized carbons (Fsp3) is 0.0556. The van der Waals surface area contributed by atoms with Crippen LogP contribution in [-0.4, -0.2) is 15.9 Å². The number of nitrogens with zero attached hydrogens (tertiary/aromatic N) is 2. The van der Waals surface area contributed by atoms with Crippen molar-refractivity contribution in [3.05, 3.63) is 81.8 Å². The highest BCUT2D eigenvalue weighted by Crippen LogP contribution is 2.31. The molecule has 1 aromatic heterocycles. The number of nitrogens with one attached hydrogen (secondary N) is 2. The molecule has 1 amide bonds. The maximum Gasteiger partial charge on any atom is 0.270 e. The summed E-state index contributed by atoms with van der Waals surface area (Å²) >= 11 is 12.2. The van der Waals surface area contributed by atoms with Crippen molar-refractivity contribution in [3.8, 4) is 0 Å². The molecule has 0 aliphatic carbocycles. The third-order valence-electron chi connectivity index (χ3n) is 3.49. The van der Waals surface area contributed by atoms with Crippen molar-refractivity contribution in [2.75, 3.05) is 5.32 Å². The molecule has 2 N–H and O–H groups in total. The number of amides is 1. The predicted molar refractivity (Wildman–Crippen MR) is 99.3 cm³/mol. The van der Waals surface area contributed by atoms with Crippen molar-refractivity contribution in [3.63, 3.8) is 0 Å². The molecule has 2 aromatic carbocycles. The van der Waals surface area contributed by atoms with E-state index in [9.17, 15) is 9.18 Å². The molecular weight excluding hydrogens is 378 g/mol. The van der Waals surface area contributed by atoms with Gasteiger partial charge in [-0.25, -0.2) is 14.4 Å². The highest BCUT2D eigenvalue weighted by molar-refractivity contribution is 6.39. The number of benzene rings is 2. The minimum Gasteiger partial charge on any atom is -0.347 e. The maximum atomic E-state index is 13.6. The van der Waals surface area contributed by atoms with Gasteiger partial charge in [0.2, 0.25) is 5.95 Å². The minimum atomic E-state index is -0.455. The first kappa shape index (κ1) is 18.1. The molecule has 0 atom stereocenters. The van der Waals surface area contributed by atoms with Crippen molar-refractivity contribution in [2.24, 2.45) is 0 Å². The van der Waals surface area contributed by atoms with Gasteiger partial charge in [0.15, 0.2) is 0 Å². The zero-order valence-corrected chi connectivity index (χ0v) is 14.9. The highest BCUT2D eigenvalue weighted by Gasteiger charge is 2.12. The van der Waals surface area contributed by atoms with Gasteiger partial charge in [-0.15, -0.1) is 0 Å². The topological polar surface area (TPSA) is 66.9 Å². The van der Waals surface area contributed by atoms with Crippen molar-refractivity contribution in [2.45, 2.75) is 6.54 Å². The van der Waals surface area contributed by atoms with Gasteiger partial charge in [-0.1, -0.05) is 47.5 Å². The van der Waals surface area contributed by atoms with Crippen LogP contribution in [0, 0.1) is 5.82 Å². The number of halogens is 3.